The van der Waals surface area contributed by atoms with Crippen LogP contribution in [0.15, 0.2) is 0 Å². The lowest BCUT2D eigenvalue weighted by molar-refractivity contribution is -0.150. The van der Waals surface area contributed by atoms with Gasteiger partial charge in [-0.1, -0.05) is 169 Å². The fourth-order valence-corrected chi connectivity index (χ4v) is 7.54. The summed E-state index contributed by atoms with van der Waals surface area (Å²) in [7, 11) is 0. The zero-order valence-electron chi connectivity index (χ0n) is 37.0. The summed E-state index contributed by atoms with van der Waals surface area (Å²) in [5.74, 6) is 0.143. The van der Waals surface area contributed by atoms with Gasteiger partial charge in [-0.15, -0.1) is 0 Å². The molecular weight excluding hydrogens is 687 g/mol. The van der Waals surface area contributed by atoms with Crippen LogP contribution in [0.1, 0.15) is 246 Å². The van der Waals surface area contributed by atoms with Crippen LogP contribution in [0.4, 0.5) is 0 Å². The molecule has 324 valence electrons. The monoisotopic (exact) mass is 778 g/mol. The van der Waals surface area contributed by atoms with Crippen molar-refractivity contribution in [1.29, 1.82) is 0 Å². The molecule has 0 rings (SSSR count). The molecule has 0 radical (unpaired) electrons. The van der Waals surface area contributed by atoms with E-state index in [9.17, 15) is 19.2 Å². The summed E-state index contributed by atoms with van der Waals surface area (Å²) in [4.78, 5) is 51.7. The first kappa shape index (κ1) is 53.1. The van der Waals surface area contributed by atoms with Gasteiger partial charge in [-0.25, -0.2) is 0 Å². The zero-order valence-corrected chi connectivity index (χ0v) is 37.0. The molecule has 0 heterocycles. The van der Waals surface area contributed by atoms with E-state index in [2.05, 4.69) is 27.7 Å². The lowest BCUT2D eigenvalue weighted by atomic mass is 9.94. The number of amides is 1. The van der Waals surface area contributed by atoms with Gasteiger partial charge in [0.1, 0.15) is 6.29 Å². The Bertz CT molecular complexity index is 820. The molecule has 0 aliphatic heterocycles. The minimum absolute atomic E-state index is 0.000616. The second-order valence-electron chi connectivity index (χ2n) is 16.5. The molecule has 0 aromatic heterocycles. The Morgan fingerprint density at radius 2 is 0.745 bits per heavy atom. The first-order valence-corrected chi connectivity index (χ1v) is 24.0. The highest BCUT2D eigenvalue weighted by Gasteiger charge is 2.21. The lowest BCUT2D eigenvalue weighted by Crippen LogP contribution is -2.33. The molecule has 55 heavy (non-hydrogen) atoms. The molecule has 0 spiro atoms. The summed E-state index contributed by atoms with van der Waals surface area (Å²) in [5.41, 5.74) is 0. The molecule has 0 saturated heterocycles. The van der Waals surface area contributed by atoms with Crippen molar-refractivity contribution < 1.29 is 28.7 Å². The van der Waals surface area contributed by atoms with E-state index in [1.807, 2.05) is 4.90 Å². The van der Waals surface area contributed by atoms with Gasteiger partial charge in [0.2, 0.25) is 5.91 Å². The first-order valence-electron chi connectivity index (χ1n) is 24.0. The van der Waals surface area contributed by atoms with E-state index in [1.165, 1.54) is 103 Å². The predicted molar refractivity (Wildman–Crippen MR) is 231 cm³/mol. The third-order valence-electron chi connectivity index (χ3n) is 11.3. The van der Waals surface area contributed by atoms with Gasteiger partial charge in [0.25, 0.3) is 0 Å². The molecular formula is C48H91NO6. The minimum atomic E-state index is 0.000616. The standard InChI is InChI=1S/C48H91NO6/c1-5-9-13-17-19-27-36-44(34-25-15-11-7-3)47(52)54-42-31-23-21-29-39-49(46(51)38-33-41-50)40-30-22-24-32-43-55-48(53)45(35-26-16-12-8-4)37-28-20-18-14-10-6-2/h41,44-45H,5-40,42-43H2,1-4H3. The third kappa shape index (κ3) is 33.9. The van der Waals surface area contributed by atoms with Gasteiger partial charge < -0.3 is 19.2 Å². The van der Waals surface area contributed by atoms with E-state index in [1.54, 1.807) is 0 Å². The number of nitrogens with zero attached hydrogens (tertiary/aromatic N) is 1. The molecule has 0 aliphatic rings. The number of aldehydes is 1. The number of hydrogen-bond acceptors (Lipinski definition) is 6. The van der Waals surface area contributed by atoms with Gasteiger partial charge in [0.15, 0.2) is 0 Å². The van der Waals surface area contributed by atoms with Crippen LogP contribution >= 0.6 is 0 Å². The molecule has 0 aromatic carbocycles. The quantitative estimate of drug-likeness (QED) is 0.0348. The summed E-state index contributed by atoms with van der Waals surface area (Å²) < 4.78 is 11.5. The van der Waals surface area contributed by atoms with E-state index in [-0.39, 0.29) is 42.5 Å². The summed E-state index contributed by atoms with van der Waals surface area (Å²) in [6.45, 7) is 11.3. The smallest absolute Gasteiger partial charge is 0.308 e. The van der Waals surface area contributed by atoms with Crippen molar-refractivity contribution in [2.45, 2.75) is 246 Å². The Kier molecular flexibility index (Phi) is 40.3. The van der Waals surface area contributed by atoms with Crippen LogP contribution < -0.4 is 0 Å². The SMILES string of the molecule is CCCCCCCCC(CCCCCC)C(=O)OCCCCCCN(CCCCCCOC(=O)C(CCCCCC)CCCCCCCC)C(=O)CCC=O. The maximum absolute atomic E-state index is 13.0. The maximum Gasteiger partial charge on any atom is 0.308 e. The summed E-state index contributed by atoms with van der Waals surface area (Å²) in [6.07, 6.45) is 37.0. The van der Waals surface area contributed by atoms with Crippen LogP contribution in [-0.4, -0.2) is 55.3 Å². The van der Waals surface area contributed by atoms with Crippen LogP contribution in [0, 0.1) is 11.8 Å². The predicted octanol–water partition coefficient (Wildman–Crippen LogP) is 13.7. The molecule has 0 saturated carbocycles. The molecule has 1 amide bonds. The van der Waals surface area contributed by atoms with Crippen molar-refractivity contribution in [3.8, 4) is 0 Å². The molecule has 0 aliphatic carbocycles. The summed E-state index contributed by atoms with van der Waals surface area (Å²) in [5, 5.41) is 0. The number of carbonyl (C=O) groups is 4. The van der Waals surface area contributed by atoms with E-state index in [4.69, 9.17) is 9.47 Å². The normalized spacial score (nSPS) is 12.4. The fourth-order valence-electron chi connectivity index (χ4n) is 7.54. The Morgan fingerprint density at radius 1 is 0.436 bits per heavy atom. The first-order chi connectivity index (χ1) is 26.9. The van der Waals surface area contributed by atoms with Gasteiger partial charge in [-0.3, -0.25) is 14.4 Å². The number of esters is 2. The Morgan fingerprint density at radius 3 is 1.11 bits per heavy atom. The lowest BCUT2D eigenvalue weighted by Gasteiger charge is -2.22. The topological polar surface area (TPSA) is 90.0 Å². The zero-order chi connectivity index (χ0) is 40.5. The largest absolute Gasteiger partial charge is 0.465 e. The maximum atomic E-state index is 13.0. The van der Waals surface area contributed by atoms with Crippen molar-refractivity contribution in [1.82, 2.24) is 4.90 Å². The van der Waals surface area contributed by atoms with Crippen molar-refractivity contribution in [2.75, 3.05) is 26.3 Å². The molecule has 0 aromatic rings. The molecule has 7 nitrogen and oxygen atoms in total. The van der Waals surface area contributed by atoms with Crippen LogP contribution in [0.5, 0.6) is 0 Å². The minimum Gasteiger partial charge on any atom is -0.465 e. The number of ether oxygens (including phenoxy) is 2. The Hall–Kier alpha value is -1.92. The summed E-state index contributed by atoms with van der Waals surface area (Å²) in [6, 6.07) is 0. The molecule has 7 heteroatoms. The Labute approximate surface area is 341 Å². The highest BCUT2D eigenvalue weighted by atomic mass is 16.5. The fraction of sp³-hybridized carbons (Fsp3) is 0.917. The van der Waals surface area contributed by atoms with E-state index < -0.39 is 0 Å². The van der Waals surface area contributed by atoms with Crippen molar-refractivity contribution in [3.05, 3.63) is 0 Å². The number of carbonyl (C=O) groups excluding carboxylic acids is 4. The van der Waals surface area contributed by atoms with Gasteiger partial charge in [-0.2, -0.15) is 0 Å². The van der Waals surface area contributed by atoms with Crippen molar-refractivity contribution in [2.24, 2.45) is 11.8 Å². The molecule has 0 bridgehead atoms. The average molecular weight is 778 g/mol. The van der Waals surface area contributed by atoms with E-state index >= 15 is 0 Å². The van der Waals surface area contributed by atoms with Crippen LogP contribution in [0.2, 0.25) is 0 Å². The van der Waals surface area contributed by atoms with Gasteiger partial charge in [-0.05, 0) is 64.2 Å². The number of unbranched alkanes of at least 4 members (excludes halogenated alkanes) is 22. The molecule has 2 atom stereocenters. The molecule has 0 fully saturated rings. The van der Waals surface area contributed by atoms with Gasteiger partial charge in [0, 0.05) is 25.9 Å². The molecule has 2 unspecified atom stereocenters. The van der Waals surface area contributed by atoms with Gasteiger partial charge in [0.05, 0.1) is 25.0 Å². The Balaban J connectivity index is 4.49. The molecule has 0 N–H and O–H groups in total. The average Bonchev–Trinajstić information content (AvgIpc) is 3.19. The van der Waals surface area contributed by atoms with E-state index in [0.29, 0.717) is 26.3 Å². The van der Waals surface area contributed by atoms with Crippen LogP contribution in [0.25, 0.3) is 0 Å². The van der Waals surface area contributed by atoms with Crippen LogP contribution in [-0.2, 0) is 28.7 Å². The highest BCUT2D eigenvalue weighted by molar-refractivity contribution is 5.78. The van der Waals surface area contributed by atoms with Crippen molar-refractivity contribution >= 4 is 24.1 Å². The summed E-state index contributed by atoms with van der Waals surface area (Å²) >= 11 is 0. The second kappa shape index (κ2) is 41.7. The third-order valence-corrected chi connectivity index (χ3v) is 11.3. The number of rotatable bonds is 43. The van der Waals surface area contributed by atoms with Gasteiger partial charge >= 0.3 is 11.9 Å². The van der Waals surface area contributed by atoms with Crippen molar-refractivity contribution in [3.63, 3.8) is 0 Å². The second-order valence-corrected chi connectivity index (χ2v) is 16.5. The number of hydrogen-bond donors (Lipinski definition) is 0. The van der Waals surface area contributed by atoms with E-state index in [0.717, 1.165) is 109 Å². The highest BCUT2D eigenvalue weighted by Crippen LogP contribution is 2.22. The van der Waals surface area contributed by atoms with Crippen LogP contribution in [0.3, 0.4) is 0 Å².